The lowest BCUT2D eigenvalue weighted by Crippen LogP contribution is -2.14. The average molecular weight is 385 g/mol. The molecule has 0 saturated heterocycles. The van der Waals surface area contributed by atoms with Crippen molar-refractivity contribution in [1.82, 2.24) is 14.8 Å². The van der Waals surface area contributed by atoms with Gasteiger partial charge in [-0.2, -0.15) is 5.10 Å². The summed E-state index contributed by atoms with van der Waals surface area (Å²) < 4.78 is 15.9. The first-order chi connectivity index (χ1) is 13.1. The Kier molecular flexibility index (Phi) is 4.89. The van der Waals surface area contributed by atoms with E-state index in [2.05, 4.69) is 15.4 Å². The number of aromatic nitrogens is 3. The van der Waals surface area contributed by atoms with E-state index < -0.39 is 11.7 Å². The molecule has 1 aromatic carbocycles. The normalized spacial score (nSPS) is 15.0. The lowest BCUT2D eigenvalue weighted by molar-refractivity contribution is 0.102. The lowest BCUT2D eigenvalue weighted by Gasteiger charge is -2.21. The van der Waals surface area contributed by atoms with Gasteiger partial charge in [0, 0.05) is 11.8 Å². The number of nitrogens with two attached hydrogens (primary N) is 1. The van der Waals surface area contributed by atoms with E-state index in [0.29, 0.717) is 22.3 Å². The van der Waals surface area contributed by atoms with Crippen LogP contribution < -0.4 is 11.1 Å². The number of hydrogen-bond donors (Lipinski definition) is 2. The van der Waals surface area contributed by atoms with E-state index in [1.165, 1.54) is 25.3 Å². The highest BCUT2D eigenvalue weighted by atomic mass is 32.1. The fourth-order valence-electron chi connectivity index (χ4n) is 3.38. The molecule has 1 amide bonds. The Morgan fingerprint density at radius 3 is 2.81 bits per heavy atom. The van der Waals surface area contributed by atoms with Crippen LogP contribution in [0.3, 0.4) is 0 Å². The third-order valence-corrected chi connectivity index (χ3v) is 5.70. The topological polar surface area (TPSA) is 85.8 Å². The van der Waals surface area contributed by atoms with Crippen LogP contribution in [0.15, 0.2) is 36.7 Å². The van der Waals surface area contributed by atoms with Crippen molar-refractivity contribution in [3.05, 3.63) is 48.2 Å². The fraction of sp³-hybridized carbons (Fsp3) is 0.316. The summed E-state index contributed by atoms with van der Waals surface area (Å²) in [6, 6.07) is 6.68. The fourth-order valence-corrected chi connectivity index (χ4v) is 4.24. The maximum atomic E-state index is 14.0. The molecule has 2 heterocycles. The van der Waals surface area contributed by atoms with Gasteiger partial charge in [0.2, 0.25) is 0 Å². The molecule has 4 rings (SSSR count). The van der Waals surface area contributed by atoms with Crippen molar-refractivity contribution in [2.75, 3.05) is 11.1 Å². The molecule has 3 aromatic rings. The van der Waals surface area contributed by atoms with Crippen LogP contribution in [-0.2, 0) is 0 Å². The third-order valence-electron chi connectivity index (χ3n) is 4.78. The minimum Gasteiger partial charge on any atom is -0.389 e. The highest BCUT2D eigenvalue weighted by molar-refractivity contribution is 7.19. The maximum Gasteiger partial charge on any atom is 0.277 e. The highest BCUT2D eigenvalue weighted by Gasteiger charge is 2.20. The summed E-state index contributed by atoms with van der Waals surface area (Å²) in [6.45, 7) is 0. The molecular formula is C19H20FN5OS. The van der Waals surface area contributed by atoms with Crippen molar-refractivity contribution in [3.63, 3.8) is 0 Å². The predicted molar refractivity (Wildman–Crippen MR) is 104 cm³/mol. The van der Waals surface area contributed by atoms with Crippen molar-refractivity contribution < 1.29 is 9.18 Å². The van der Waals surface area contributed by atoms with Gasteiger partial charge in [-0.15, -0.1) is 0 Å². The number of carbonyl (C=O) groups excluding carboxylic acids is 1. The van der Waals surface area contributed by atoms with Crippen molar-refractivity contribution in [3.8, 4) is 10.6 Å². The number of benzene rings is 1. The molecule has 0 spiro atoms. The number of nitrogens with one attached hydrogen (secondary N) is 1. The molecule has 0 atom stereocenters. The summed E-state index contributed by atoms with van der Waals surface area (Å²) in [7, 11) is 0. The van der Waals surface area contributed by atoms with Gasteiger partial charge < -0.3 is 11.1 Å². The third kappa shape index (κ3) is 3.71. The van der Waals surface area contributed by atoms with Crippen LogP contribution in [0.25, 0.3) is 10.6 Å². The average Bonchev–Trinajstić information content (AvgIpc) is 3.29. The standard InChI is InChI=1S/C19H20FN5OS/c20-15-9-5-4-8-14(15)19-24-16(17(21)27-19)18(26)23-12-10-22-25(11-12)13-6-2-1-3-7-13/h4-5,8-11,13H,1-3,6-7,21H2,(H,23,26). The summed E-state index contributed by atoms with van der Waals surface area (Å²) in [5.74, 6) is -0.818. The quantitative estimate of drug-likeness (QED) is 0.693. The summed E-state index contributed by atoms with van der Waals surface area (Å²) in [5.41, 5.74) is 6.99. The second-order valence-electron chi connectivity index (χ2n) is 6.67. The first-order valence-electron chi connectivity index (χ1n) is 8.98. The second kappa shape index (κ2) is 7.48. The summed E-state index contributed by atoms with van der Waals surface area (Å²) in [5, 5.41) is 7.80. The first-order valence-corrected chi connectivity index (χ1v) is 9.80. The lowest BCUT2D eigenvalue weighted by atomic mass is 9.96. The number of hydrogen-bond acceptors (Lipinski definition) is 5. The molecule has 1 saturated carbocycles. The Labute approximate surface area is 160 Å². The van der Waals surface area contributed by atoms with Crippen molar-refractivity contribution in [2.45, 2.75) is 38.1 Å². The number of amides is 1. The van der Waals surface area contributed by atoms with Crippen molar-refractivity contribution in [2.24, 2.45) is 0 Å². The van der Waals surface area contributed by atoms with Gasteiger partial charge in [0.25, 0.3) is 5.91 Å². The van der Waals surface area contributed by atoms with E-state index in [9.17, 15) is 9.18 Å². The van der Waals surface area contributed by atoms with Crippen LogP contribution in [0.4, 0.5) is 15.1 Å². The molecule has 1 fully saturated rings. The SMILES string of the molecule is Nc1sc(-c2ccccc2F)nc1C(=O)Nc1cnn(C2CCCCC2)c1. The van der Waals surface area contributed by atoms with Gasteiger partial charge in [-0.25, -0.2) is 9.37 Å². The maximum absolute atomic E-state index is 14.0. The van der Waals surface area contributed by atoms with Gasteiger partial charge in [-0.3, -0.25) is 9.48 Å². The van der Waals surface area contributed by atoms with Gasteiger partial charge in [0.1, 0.15) is 15.8 Å². The largest absolute Gasteiger partial charge is 0.389 e. The number of rotatable bonds is 4. The molecule has 6 nitrogen and oxygen atoms in total. The molecule has 3 N–H and O–H groups in total. The van der Waals surface area contributed by atoms with Gasteiger partial charge in [-0.1, -0.05) is 42.7 Å². The zero-order chi connectivity index (χ0) is 18.8. The van der Waals surface area contributed by atoms with Crippen LogP contribution >= 0.6 is 11.3 Å². The van der Waals surface area contributed by atoms with Crippen LogP contribution in [0.1, 0.15) is 48.6 Å². The molecule has 1 aliphatic carbocycles. The van der Waals surface area contributed by atoms with E-state index in [4.69, 9.17) is 5.73 Å². The zero-order valence-electron chi connectivity index (χ0n) is 14.7. The summed E-state index contributed by atoms with van der Waals surface area (Å²) in [4.78, 5) is 16.8. The molecule has 1 aliphatic rings. The van der Waals surface area contributed by atoms with Gasteiger partial charge in [-0.05, 0) is 25.0 Å². The van der Waals surface area contributed by atoms with E-state index in [1.54, 1.807) is 24.4 Å². The molecule has 0 radical (unpaired) electrons. The van der Waals surface area contributed by atoms with Crippen LogP contribution in [0, 0.1) is 5.82 Å². The molecule has 0 bridgehead atoms. The Morgan fingerprint density at radius 2 is 2.04 bits per heavy atom. The number of nitrogens with zero attached hydrogens (tertiary/aromatic N) is 3. The van der Waals surface area contributed by atoms with Gasteiger partial charge in [0.05, 0.1) is 17.9 Å². The minimum atomic E-state index is -0.422. The Hall–Kier alpha value is -2.74. The van der Waals surface area contributed by atoms with E-state index in [1.807, 2.05) is 10.9 Å². The number of anilines is 2. The monoisotopic (exact) mass is 385 g/mol. The smallest absolute Gasteiger partial charge is 0.277 e. The Balaban J connectivity index is 1.50. The molecule has 2 aromatic heterocycles. The second-order valence-corrected chi connectivity index (χ2v) is 7.70. The van der Waals surface area contributed by atoms with Gasteiger partial charge in [0.15, 0.2) is 5.69 Å². The number of carbonyl (C=O) groups is 1. The van der Waals surface area contributed by atoms with E-state index in [0.717, 1.165) is 24.2 Å². The molecule has 140 valence electrons. The number of thiazole rings is 1. The van der Waals surface area contributed by atoms with Crippen molar-refractivity contribution in [1.29, 1.82) is 0 Å². The first kappa shape index (κ1) is 17.7. The van der Waals surface area contributed by atoms with E-state index >= 15 is 0 Å². The van der Waals surface area contributed by atoms with Crippen LogP contribution in [0.5, 0.6) is 0 Å². The Bertz CT molecular complexity index is 961. The number of halogens is 1. The summed E-state index contributed by atoms with van der Waals surface area (Å²) in [6.07, 6.45) is 9.39. The van der Waals surface area contributed by atoms with Gasteiger partial charge >= 0.3 is 0 Å². The highest BCUT2D eigenvalue weighted by Crippen LogP contribution is 2.32. The minimum absolute atomic E-state index is 0.101. The molecular weight excluding hydrogens is 365 g/mol. The Morgan fingerprint density at radius 1 is 1.26 bits per heavy atom. The number of nitrogen functional groups attached to an aromatic ring is 1. The molecule has 0 unspecified atom stereocenters. The van der Waals surface area contributed by atoms with Crippen LogP contribution in [-0.4, -0.2) is 20.7 Å². The molecule has 27 heavy (non-hydrogen) atoms. The predicted octanol–water partition coefficient (Wildman–Crippen LogP) is 4.49. The molecule has 0 aliphatic heterocycles. The van der Waals surface area contributed by atoms with Crippen molar-refractivity contribution >= 4 is 27.9 Å². The molecule has 8 heteroatoms. The summed E-state index contributed by atoms with van der Waals surface area (Å²) >= 11 is 1.09. The zero-order valence-corrected chi connectivity index (χ0v) is 15.5. The van der Waals surface area contributed by atoms with E-state index in [-0.39, 0.29) is 10.7 Å². The van der Waals surface area contributed by atoms with Crippen LogP contribution in [0.2, 0.25) is 0 Å².